The lowest BCUT2D eigenvalue weighted by Crippen LogP contribution is -1.98. The summed E-state index contributed by atoms with van der Waals surface area (Å²) in [6, 6.07) is 14.6. The molecule has 0 aliphatic heterocycles. The van der Waals surface area contributed by atoms with Crippen molar-refractivity contribution in [3.63, 3.8) is 0 Å². The lowest BCUT2D eigenvalue weighted by atomic mass is 10.3. The van der Waals surface area contributed by atoms with Gasteiger partial charge >= 0.3 is 5.97 Å². The van der Waals surface area contributed by atoms with Crippen LogP contribution in [-0.4, -0.2) is 38.0 Å². The highest BCUT2D eigenvalue weighted by Gasteiger charge is 2.03. The summed E-state index contributed by atoms with van der Waals surface area (Å²) < 4.78 is 1.72. The van der Waals surface area contributed by atoms with Crippen molar-refractivity contribution in [2.75, 3.05) is 0 Å². The maximum atomic E-state index is 10.9. The normalized spacial score (nSPS) is 7.87. The molecule has 0 bridgehead atoms. The number of carboxylic acids is 1. The minimum absolute atomic E-state index is 0. The van der Waals surface area contributed by atoms with E-state index in [-0.39, 0.29) is 24.9 Å². The molecule has 3 aromatic heterocycles. The molecule has 0 aliphatic rings. The summed E-state index contributed by atoms with van der Waals surface area (Å²) in [7, 11) is 0.917. The summed E-state index contributed by atoms with van der Waals surface area (Å²) in [5.74, 6) is -1.33. The van der Waals surface area contributed by atoms with E-state index in [9.17, 15) is 14.4 Å². The zero-order chi connectivity index (χ0) is 28.6. The van der Waals surface area contributed by atoms with E-state index in [1.165, 1.54) is 18.2 Å². The van der Waals surface area contributed by atoms with Gasteiger partial charge in [0.25, 0.3) is 5.91 Å². The van der Waals surface area contributed by atoms with Crippen LogP contribution in [-0.2, 0) is 58.4 Å². The lowest BCUT2D eigenvalue weighted by molar-refractivity contribution is 0.0690. The van der Waals surface area contributed by atoms with Gasteiger partial charge in [-0.25, -0.2) is 24.5 Å². The van der Waals surface area contributed by atoms with Gasteiger partial charge in [0.2, 0.25) is 6.08 Å². The number of rotatable bonds is 3. The summed E-state index contributed by atoms with van der Waals surface area (Å²) in [5, 5.41) is 11.3. The molecule has 0 aliphatic carbocycles. The first-order chi connectivity index (χ1) is 17.7. The van der Waals surface area contributed by atoms with Crippen LogP contribution in [0.25, 0.3) is 10.4 Å². The number of aliphatic imine (C=N–C) groups is 1. The Bertz CT molecular complexity index is 1280. The fourth-order valence-electron chi connectivity index (χ4n) is 1.65. The molecule has 0 aromatic carbocycles. The molecule has 1 amide bonds. The van der Waals surface area contributed by atoms with E-state index in [0.29, 0.717) is 19.6 Å². The van der Waals surface area contributed by atoms with Crippen molar-refractivity contribution < 1.29 is 19.5 Å². The molecule has 0 unspecified atom stereocenters. The molecule has 3 aromatic rings. The number of aromatic carboxylic acids is 1. The number of azide groups is 1. The van der Waals surface area contributed by atoms with Gasteiger partial charge in [-0.2, -0.15) is 13.5 Å². The Morgan fingerprint density at radius 3 is 1.68 bits per heavy atom. The molecular weight excluding hydrogens is 810 g/mol. The van der Waals surface area contributed by atoms with Crippen LogP contribution >= 0.6 is 61.3 Å². The third kappa shape index (κ3) is 21.1. The van der Waals surface area contributed by atoms with Crippen LogP contribution in [0, 0.1) is 0 Å². The van der Waals surface area contributed by atoms with Crippen molar-refractivity contribution in [1.82, 2.24) is 15.0 Å². The number of aromatic nitrogens is 3. The van der Waals surface area contributed by atoms with E-state index in [4.69, 9.17) is 10.6 Å². The fraction of sp³-hybridized carbons (Fsp3) is 0. The minimum Gasteiger partial charge on any atom is -0.477 e. The van der Waals surface area contributed by atoms with Crippen molar-refractivity contribution in [3.8, 4) is 0 Å². The Hall–Kier alpha value is -1.83. The van der Waals surface area contributed by atoms with Crippen LogP contribution in [0.2, 0.25) is 0 Å². The number of amides is 1. The molecule has 3 rings (SSSR count). The number of carbonyl (C=O) groups is 2. The van der Waals surface area contributed by atoms with Crippen LogP contribution in [0.15, 0.2) is 78.5 Å². The first kappa shape index (κ1) is 40.7. The quantitative estimate of drug-likeness (QED) is 0.0853. The molecule has 0 atom stereocenters. The molecular formula is C18H12Br3N7O4S6. The van der Waals surface area contributed by atoms with Gasteiger partial charge in [0.15, 0.2) is 5.82 Å². The topological polar surface area (TPSA) is 171 Å². The van der Waals surface area contributed by atoms with Gasteiger partial charge in [0.05, 0.1) is 0 Å². The van der Waals surface area contributed by atoms with Crippen molar-refractivity contribution in [1.29, 1.82) is 0 Å². The molecule has 0 radical (unpaired) electrons. The van der Waals surface area contributed by atoms with E-state index < -0.39 is 11.9 Å². The molecule has 1 N–H and O–H groups in total. The fourth-order valence-corrected chi connectivity index (χ4v) is 2.67. The highest BCUT2D eigenvalue weighted by molar-refractivity contribution is 9.11. The summed E-state index contributed by atoms with van der Waals surface area (Å²) in [5.41, 5.74) is 8.14. The Balaban J connectivity index is -0.000000441. The summed E-state index contributed by atoms with van der Waals surface area (Å²) in [4.78, 5) is 47.9. The maximum Gasteiger partial charge on any atom is 0.354 e. The van der Waals surface area contributed by atoms with Gasteiger partial charge in [0, 0.05) is 58.5 Å². The van der Waals surface area contributed by atoms with E-state index >= 15 is 0 Å². The van der Waals surface area contributed by atoms with Crippen LogP contribution in [0.1, 0.15) is 21.0 Å². The monoisotopic (exact) mass is 819 g/mol. The highest BCUT2D eigenvalue weighted by Crippen LogP contribution is 2.11. The number of halogens is 3. The predicted octanol–water partition coefficient (Wildman–Crippen LogP) is 5.75. The number of carboxylic acid groups (broad SMARTS) is 1. The third-order valence-electron chi connectivity index (χ3n) is 2.86. The molecule has 200 valence electrons. The van der Waals surface area contributed by atoms with Crippen LogP contribution in [0.4, 0.5) is 5.82 Å². The molecule has 0 spiro atoms. The molecule has 38 heavy (non-hydrogen) atoms. The zero-order valence-corrected chi connectivity index (χ0v) is 28.0. The van der Waals surface area contributed by atoms with Crippen molar-refractivity contribution in [3.05, 3.63) is 90.2 Å². The Labute approximate surface area is 271 Å². The number of carbonyl (C=O) groups excluding carboxylic acids is 2. The molecule has 0 saturated heterocycles. The Morgan fingerprint density at radius 2 is 1.32 bits per heavy atom. The summed E-state index contributed by atoms with van der Waals surface area (Å²) >= 11 is 24.9. The van der Waals surface area contributed by atoms with Crippen molar-refractivity contribution >= 4 is 139 Å². The predicted molar refractivity (Wildman–Crippen MR) is 171 cm³/mol. The van der Waals surface area contributed by atoms with E-state index in [1.54, 1.807) is 42.5 Å². The van der Waals surface area contributed by atoms with Gasteiger partial charge in [-0.1, -0.05) is 18.2 Å². The van der Waals surface area contributed by atoms with Gasteiger partial charge < -0.3 is 5.11 Å². The molecule has 20 heteroatoms. The maximum absolute atomic E-state index is 10.9. The Morgan fingerprint density at radius 1 is 0.895 bits per heavy atom. The van der Waals surface area contributed by atoms with E-state index in [2.05, 4.69) is 123 Å². The number of hydrogen-bond donors (Lipinski definition) is 1. The van der Waals surface area contributed by atoms with Gasteiger partial charge in [-0.05, 0) is 94.8 Å². The Kier molecular flexibility index (Phi) is 28.6. The first-order valence-electron chi connectivity index (χ1n) is 8.55. The van der Waals surface area contributed by atoms with Crippen LogP contribution in [0.3, 0.4) is 0 Å². The zero-order valence-electron chi connectivity index (χ0n) is 18.2. The number of nitrogens with zero attached hydrogens (tertiary/aromatic N) is 7. The number of hydrogen-bond acceptors (Lipinski definition) is 11. The third-order valence-corrected chi connectivity index (χ3v) is 4.19. The van der Waals surface area contributed by atoms with Gasteiger partial charge in [-0.15, -0.1) is 4.99 Å². The lowest BCUT2D eigenvalue weighted by Gasteiger charge is -1.92. The number of pyridine rings is 3. The summed E-state index contributed by atoms with van der Waals surface area (Å²) in [6.07, 6.45) is 1.40. The van der Waals surface area contributed by atoms with E-state index in [0.717, 1.165) is 8.88 Å². The standard InChI is InChI=1S/C6H3BrN4O.C6H3BrN2O.C6H4BrNO2.S3.S2.H2S/c7-5-3-1-2-4(9-5)6(12)10-11-8;7-5-2-1-3-6(9-5)8-4-10;7-5-3-1-2-4(8-5)6(9)10;1-3-2;1-2;/h1-3H;1-3H;1-3H,(H,9,10);;;1H2. The average molecular weight is 822 g/mol. The number of isocyanates is 1. The average Bonchev–Trinajstić information content (AvgIpc) is 2.87. The molecule has 11 nitrogen and oxygen atoms in total. The molecule has 3 heterocycles. The smallest absolute Gasteiger partial charge is 0.354 e. The van der Waals surface area contributed by atoms with Gasteiger partial charge in [0.1, 0.15) is 25.2 Å². The molecule has 0 fully saturated rings. The second kappa shape index (κ2) is 26.8. The first-order valence-corrected chi connectivity index (χ1v) is 14.9. The second-order valence-corrected chi connectivity index (χ2v) is 9.29. The van der Waals surface area contributed by atoms with E-state index in [1.807, 2.05) is 0 Å². The van der Waals surface area contributed by atoms with Crippen LogP contribution < -0.4 is 0 Å². The van der Waals surface area contributed by atoms with Gasteiger partial charge in [-0.3, -0.25) is 4.79 Å². The largest absolute Gasteiger partial charge is 0.477 e. The minimum atomic E-state index is -1.01. The second-order valence-electron chi connectivity index (χ2n) is 5.08. The van der Waals surface area contributed by atoms with Crippen molar-refractivity contribution in [2.45, 2.75) is 0 Å². The SMILES string of the molecule is O=C(O)c1cccc(Br)n1.O=C=Nc1cccc(Br)n1.S.S=S.S=S=S.[N-]=[N+]=NC(=O)c1cccc(Br)n1. The molecule has 0 saturated carbocycles. The summed E-state index contributed by atoms with van der Waals surface area (Å²) in [6.45, 7) is 0. The van der Waals surface area contributed by atoms with Crippen molar-refractivity contribution in [2.24, 2.45) is 10.1 Å². The van der Waals surface area contributed by atoms with Crippen LogP contribution in [0.5, 0.6) is 0 Å². The highest BCUT2D eigenvalue weighted by atomic mass is 79.9.